The number of rotatable bonds is 5. The van der Waals surface area contributed by atoms with Crippen LogP contribution in [0.3, 0.4) is 0 Å². The monoisotopic (exact) mass is 367 g/mol. The van der Waals surface area contributed by atoms with Crippen LogP contribution in [0.2, 0.25) is 0 Å². The maximum absolute atomic E-state index is 12.6. The smallest absolute Gasteiger partial charge is 0.319 e. The number of methoxy groups -OCH3 is 2. The summed E-state index contributed by atoms with van der Waals surface area (Å²) in [6.45, 7) is 2.19. The number of hydrogen-bond donors (Lipinski definition) is 3. The number of pyridine rings is 1. The van der Waals surface area contributed by atoms with Crippen LogP contribution in [0.25, 0.3) is 10.9 Å². The van der Waals surface area contributed by atoms with E-state index in [1.807, 2.05) is 25.1 Å². The van der Waals surface area contributed by atoms with Crippen LogP contribution >= 0.6 is 0 Å². The van der Waals surface area contributed by atoms with E-state index in [2.05, 4.69) is 15.6 Å². The lowest BCUT2D eigenvalue weighted by Crippen LogP contribution is -2.30. The third-order valence-electron chi connectivity index (χ3n) is 4.27. The van der Waals surface area contributed by atoms with Crippen molar-refractivity contribution < 1.29 is 14.3 Å². The first kappa shape index (κ1) is 18.3. The summed E-state index contributed by atoms with van der Waals surface area (Å²) in [4.78, 5) is 27.8. The number of fused-ring (bicyclic) bond motifs is 1. The largest absolute Gasteiger partial charge is 0.493 e. The molecule has 1 heterocycles. The Kier molecular flexibility index (Phi) is 5.30. The Morgan fingerprint density at radius 2 is 1.89 bits per heavy atom. The van der Waals surface area contributed by atoms with Gasteiger partial charge in [-0.3, -0.25) is 4.79 Å². The number of hydrogen-bond acceptors (Lipinski definition) is 4. The van der Waals surface area contributed by atoms with E-state index in [1.54, 1.807) is 32.4 Å². The number of benzene rings is 2. The lowest BCUT2D eigenvalue weighted by Gasteiger charge is -2.11. The molecule has 0 unspecified atom stereocenters. The molecule has 0 radical (unpaired) electrons. The standard InChI is InChI=1S/C20H21N3O4/c1-12-5-4-6-14-18(12)21-11-15(19(14)24)23-20(25)22-10-13-7-8-16(26-2)17(9-13)27-3/h4-9,11H,10H2,1-3H3,(H,21,24)(H2,22,23,25). The molecule has 2 aromatic carbocycles. The topological polar surface area (TPSA) is 92.5 Å². The summed E-state index contributed by atoms with van der Waals surface area (Å²) < 4.78 is 10.4. The molecule has 0 saturated heterocycles. The molecule has 0 bridgehead atoms. The van der Waals surface area contributed by atoms with E-state index < -0.39 is 6.03 Å². The van der Waals surface area contributed by atoms with E-state index in [0.717, 1.165) is 16.6 Å². The van der Waals surface area contributed by atoms with E-state index in [0.29, 0.717) is 16.9 Å². The van der Waals surface area contributed by atoms with Crippen molar-refractivity contribution in [1.29, 1.82) is 0 Å². The first-order valence-corrected chi connectivity index (χ1v) is 8.40. The molecule has 0 atom stereocenters. The third-order valence-corrected chi connectivity index (χ3v) is 4.27. The zero-order chi connectivity index (χ0) is 19.4. The van der Waals surface area contributed by atoms with Crippen molar-refractivity contribution in [2.24, 2.45) is 0 Å². The fraction of sp³-hybridized carbons (Fsp3) is 0.200. The van der Waals surface area contributed by atoms with Gasteiger partial charge in [0.05, 0.1) is 19.7 Å². The molecule has 7 heteroatoms. The van der Waals surface area contributed by atoms with E-state index in [-0.39, 0.29) is 17.7 Å². The molecule has 0 aliphatic carbocycles. The molecule has 140 valence electrons. The van der Waals surface area contributed by atoms with Gasteiger partial charge >= 0.3 is 6.03 Å². The van der Waals surface area contributed by atoms with E-state index in [9.17, 15) is 9.59 Å². The molecule has 0 aliphatic heterocycles. The average molecular weight is 367 g/mol. The van der Waals surface area contributed by atoms with Crippen LogP contribution in [0.15, 0.2) is 47.4 Å². The molecular formula is C20H21N3O4. The van der Waals surface area contributed by atoms with Crippen LogP contribution in [-0.4, -0.2) is 25.2 Å². The number of anilines is 1. The van der Waals surface area contributed by atoms with Crippen molar-refractivity contribution in [2.45, 2.75) is 13.5 Å². The minimum absolute atomic E-state index is 0.193. The molecule has 27 heavy (non-hydrogen) atoms. The fourth-order valence-corrected chi connectivity index (χ4v) is 2.84. The van der Waals surface area contributed by atoms with Gasteiger partial charge in [0.25, 0.3) is 0 Å². The van der Waals surface area contributed by atoms with Crippen molar-refractivity contribution in [3.8, 4) is 11.5 Å². The molecule has 3 aromatic rings. The number of urea groups is 1. The number of carbonyl (C=O) groups excluding carboxylic acids is 1. The second-order valence-corrected chi connectivity index (χ2v) is 6.03. The number of nitrogens with one attached hydrogen (secondary N) is 3. The van der Waals surface area contributed by atoms with Crippen molar-refractivity contribution in [2.75, 3.05) is 19.5 Å². The number of aryl methyl sites for hydroxylation is 1. The number of aromatic nitrogens is 1. The maximum Gasteiger partial charge on any atom is 0.319 e. The molecular weight excluding hydrogens is 346 g/mol. The molecule has 0 fully saturated rings. The number of H-pyrrole nitrogens is 1. The summed E-state index contributed by atoms with van der Waals surface area (Å²) in [6.07, 6.45) is 1.51. The number of amides is 2. The van der Waals surface area contributed by atoms with Gasteiger partial charge in [0.2, 0.25) is 5.43 Å². The number of para-hydroxylation sites is 1. The van der Waals surface area contributed by atoms with Gasteiger partial charge in [-0.2, -0.15) is 0 Å². The van der Waals surface area contributed by atoms with Gasteiger partial charge in [0.15, 0.2) is 11.5 Å². The Hall–Kier alpha value is -3.48. The zero-order valence-electron chi connectivity index (χ0n) is 15.4. The maximum atomic E-state index is 12.6. The summed E-state index contributed by atoms with van der Waals surface area (Å²) in [7, 11) is 3.11. The minimum atomic E-state index is -0.470. The summed E-state index contributed by atoms with van der Waals surface area (Å²) in [6, 6.07) is 10.4. The quantitative estimate of drug-likeness (QED) is 0.646. The summed E-state index contributed by atoms with van der Waals surface area (Å²) in [5.41, 5.74) is 2.53. The zero-order valence-corrected chi connectivity index (χ0v) is 15.4. The Morgan fingerprint density at radius 3 is 2.63 bits per heavy atom. The highest BCUT2D eigenvalue weighted by molar-refractivity contribution is 5.92. The van der Waals surface area contributed by atoms with Crippen LogP contribution in [0, 0.1) is 6.92 Å². The van der Waals surface area contributed by atoms with Crippen LogP contribution in [0.5, 0.6) is 11.5 Å². The number of aromatic amines is 1. The second kappa shape index (κ2) is 7.82. The first-order chi connectivity index (χ1) is 13.0. The fourth-order valence-electron chi connectivity index (χ4n) is 2.84. The number of ether oxygens (including phenoxy) is 2. The van der Waals surface area contributed by atoms with Crippen LogP contribution in [-0.2, 0) is 6.54 Å². The predicted octanol–water partition coefficient (Wildman–Crippen LogP) is 3.18. The third kappa shape index (κ3) is 3.87. The molecule has 0 saturated carbocycles. The van der Waals surface area contributed by atoms with E-state index >= 15 is 0 Å². The first-order valence-electron chi connectivity index (χ1n) is 8.40. The van der Waals surface area contributed by atoms with Crippen LogP contribution < -0.4 is 25.5 Å². The normalized spacial score (nSPS) is 10.5. The molecule has 0 spiro atoms. The summed E-state index contributed by atoms with van der Waals surface area (Å²) in [5, 5.41) is 5.85. The van der Waals surface area contributed by atoms with Crippen LogP contribution in [0.4, 0.5) is 10.5 Å². The molecule has 1 aromatic heterocycles. The van der Waals surface area contributed by atoms with Gasteiger partial charge in [-0.25, -0.2) is 4.79 Å². The Labute approximate surface area is 156 Å². The van der Waals surface area contributed by atoms with Gasteiger partial charge in [-0.05, 0) is 36.2 Å². The highest BCUT2D eigenvalue weighted by atomic mass is 16.5. The average Bonchev–Trinajstić information content (AvgIpc) is 2.68. The number of carbonyl (C=O) groups is 1. The highest BCUT2D eigenvalue weighted by Crippen LogP contribution is 2.27. The second-order valence-electron chi connectivity index (χ2n) is 6.03. The van der Waals surface area contributed by atoms with Gasteiger partial charge in [-0.1, -0.05) is 18.2 Å². The van der Waals surface area contributed by atoms with E-state index in [4.69, 9.17) is 9.47 Å². The summed E-state index contributed by atoms with van der Waals surface area (Å²) in [5.74, 6) is 1.20. The predicted molar refractivity (Wildman–Crippen MR) is 105 cm³/mol. The van der Waals surface area contributed by atoms with Gasteiger partial charge in [-0.15, -0.1) is 0 Å². The lowest BCUT2D eigenvalue weighted by molar-refractivity contribution is 0.251. The molecule has 7 nitrogen and oxygen atoms in total. The highest BCUT2D eigenvalue weighted by Gasteiger charge is 2.10. The Morgan fingerprint density at radius 1 is 1.11 bits per heavy atom. The van der Waals surface area contributed by atoms with E-state index in [1.165, 1.54) is 6.20 Å². The Bertz CT molecular complexity index is 1040. The molecule has 0 aliphatic rings. The molecule has 3 rings (SSSR count). The van der Waals surface area contributed by atoms with Crippen molar-refractivity contribution in [3.05, 3.63) is 63.9 Å². The summed E-state index contributed by atoms with van der Waals surface area (Å²) >= 11 is 0. The van der Waals surface area contributed by atoms with Crippen LogP contribution in [0.1, 0.15) is 11.1 Å². The minimum Gasteiger partial charge on any atom is -0.493 e. The van der Waals surface area contributed by atoms with Gasteiger partial charge in [0.1, 0.15) is 5.69 Å². The van der Waals surface area contributed by atoms with Gasteiger partial charge < -0.3 is 25.1 Å². The lowest BCUT2D eigenvalue weighted by atomic mass is 10.1. The van der Waals surface area contributed by atoms with Crippen molar-refractivity contribution in [3.63, 3.8) is 0 Å². The molecule has 3 N–H and O–H groups in total. The molecule has 2 amide bonds. The van der Waals surface area contributed by atoms with Crippen molar-refractivity contribution in [1.82, 2.24) is 10.3 Å². The Balaban J connectivity index is 1.71. The van der Waals surface area contributed by atoms with Crippen molar-refractivity contribution >= 4 is 22.6 Å². The SMILES string of the molecule is COc1ccc(CNC(=O)Nc2c[nH]c3c(C)cccc3c2=O)cc1OC. The van der Waals surface area contributed by atoms with Gasteiger partial charge in [0, 0.05) is 18.1 Å².